The summed E-state index contributed by atoms with van der Waals surface area (Å²) in [6.07, 6.45) is 0.988. The summed E-state index contributed by atoms with van der Waals surface area (Å²) < 4.78 is 11.3. The molecule has 0 radical (unpaired) electrons. The molecule has 1 unspecified atom stereocenters. The lowest BCUT2D eigenvalue weighted by Gasteiger charge is -2.13. The average molecular weight is 431 g/mol. The molecule has 164 valence electrons. The van der Waals surface area contributed by atoms with E-state index in [9.17, 15) is 4.79 Å². The molecule has 1 heterocycles. The fraction of sp³-hybridized carbons (Fsp3) is 0.240. The van der Waals surface area contributed by atoms with Gasteiger partial charge in [-0.25, -0.2) is 0 Å². The number of hydrogen-bond acceptors (Lipinski definition) is 5. The van der Waals surface area contributed by atoms with Crippen molar-refractivity contribution in [2.75, 3.05) is 11.9 Å². The molecule has 3 aromatic carbocycles. The van der Waals surface area contributed by atoms with Gasteiger partial charge >= 0.3 is 0 Å². The lowest BCUT2D eigenvalue weighted by atomic mass is 10.2. The zero-order valence-electron chi connectivity index (χ0n) is 18.4. The minimum atomic E-state index is -0.210. The highest BCUT2D eigenvalue weighted by Gasteiger charge is 2.11. The molecule has 32 heavy (non-hydrogen) atoms. The Balaban J connectivity index is 1.50. The molecule has 1 N–H and O–H groups in total. The minimum Gasteiger partial charge on any atom is -0.494 e. The van der Waals surface area contributed by atoms with Gasteiger partial charge in [0.05, 0.1) is 18.4 Å². The second-order valence-electron chi connectivity index (χ2n) is 7.44. The molecule has 0 saturated heterocycles. The van der Waals surface area contributed by atoms with Crippen LogP contribution in [0.4, 0.5) is 5.69 Å². The number of nitrogens with one attached hydrogen (secondary N) is 1. The molecule has 7 nitrogen and oxygen atoms in total. The van der Waals surface area contributed by atoms with Gasteiger partial charge in [-0.2, -0.15) is 4.80 Å². The van der Waals surface area contributed by atoms with E-state index in [0.717, 1.165) is 23.4 Å². The molecule has 1 amide bonds. The number of ether oxygens (including phenoxy) is 2. The van der Waals surface area contributed by atoms with Crippen molar-refractivity contribution < 1.29 is 14.3 Å². The highest BCUT2D eigenvalue weighted by atomic mass is 16.5. The normalized spacial score (nSPS) is 11.8. The average Bonchev–Trinajstić information content (AvgIpc) is 3.23. The third-order valence-corrected chi connectivity index (χ3v) is 5.03. The maximum absolute atomic E-state index is 12.7. The number of benzene rings is 3. The van der Waals surface area contributed by atoms with E-state index in [1.807, 2.05) is 68.4 Å². The summed E-state index contributed by atoms with van der Waals surface area (Å²) in [7, 11) is 0. The van der Waals surface area contributed by atoms with Crippen molar-refractivity contribution in [1.82, 2.24) is 15.0 Å². The molecule has 0 saturated carbocycles. The molecular weight excluding hydrogens is 404 g/mol. The van der Waals surface area contributed by atoms with Gasteiger partial charge in [-0.1, -0.05) is 13.0 Å². The largest absolute Gasteiger partial charge is 0.494 e. The fourth-order valence-electron chi connectivity index (χ4n) is 3.18. The molecule has 0 aliphatic carbocycles. The van der Waals surface area contributed by atoms with Gasteiger partial charge in [-0.15, -0.1) is 10.2 Å². The molecule has 4 rings (SSSR count). The predicted molar refractivity (Wildman–Crippen MR) is 125 cm³/mol. The summed E-state index contributed by atoms with van der Waals surface area (Å²) >= 11 is 0. The second kappa shape index (κ2) is 9.51. The third-order valence-electron chi connectivity index (χ3n) is 5.03. The molecule has 0 bridgehead atoms. The van der Waals surface area contributed by atoms with E-state index in [0.29, 0.717) is 29.1 Å². The summed E-state index contributed by atoms with van der Waals surface area (Å²) in [4.78, 5) is 14.3. The van der Waals surface area contributed by atoms with E-state index in [1.165, 1.54) is 0 Å². The highest BCUT2D eigenvalue weighted by Crippen LogP contribution is 2.21. The first-order chi connectivity index (χ1) is 15.6. The van der Waals surface area contributed by atoms with Crippen LogP contribution in [0.3, 0.4) is 0 Å². The van der Waals surface area contributed by atoms with Crippen LogP contribution in [0, 0.1) is 0 Å². The fourth-order valence-corrected chi connectivity index (χ4v) is 3.18. The molecule has 0 aliphatic rings. The van der Waals surface area contributed by atoms with Crippen LogP contribution in [0.25, 0.3) is 16.7 Å². The lowest BCUT2D eigenvalue weighted by molar-refractivity contribution is 0.102. The Morgan fingerprint density at radius 3 is 2.50 bits per heavy atom. The Labute approximate surface area is 187 Å². The van der Waals surface area contributed by atoms with Gasteiger partial charge in [-0.3, -0.25) is 4.79 Å². The van der Waals surface area contributed by atoms with Crippen LogP contribution < -0.4 is 14.8 Å². The van der Waals surface area contributed by atoms with Crippen LogP contribution in [-0.4, -0.2) is 33.6 Å². The van der Waals surface area contributed by atoms with E-state index >= 15 is 0 Å². The maximum Gasteiger partial charge on any atom is 0.255 e. The lowest BCUT2D eigenvalue weighted by Crippen LogP contribution is -2.13. The molecule has 0 aliphatic heterocycles. The van der Waals surface area contributed by atoms with Crippen molar-refractivity contribution in [2.24, 2.45) is 0 Å². The first kappa shape index (κ1) is 21.4. The van der Waals surface area contributed by atoms with Crippen molar-refractivity contribution in [3.8, 4) is 17.2 Å². The second-order valence-corrected chi connectivity index (χ2v) is 7.44. The molecule has 7 heteroatoms. The van der Waals surface area contributed by atoms with E-state index in [-0.39, 0.29) is 12.0 Å². The number of carbonyl (C=O) groups excluding carboxylic acids is 1. The van der Waals surface area contributed by atoms with Gasteiger partial charge in [0.2, 0.25) is 0 Å². The van der Waals surface area contributed by atoms with Crippen molar-refractivity contribution in [3.63, 3.8) is 0 Å². The monoisotopic (exact) mass is 430 g/mol. The maximum atomic E-state index is 12.7. The number of rotatable bonds is 8. The Morgan fingerprint density at radius 2 is 1.75 bits per heavy atom. The van der Waals surface area contributed by atoms with E-state index in [2.05, 4.69) is 22.4 Å². The summed E-state index contributed by atoms with van der Waals surface area (Å²) in [6.45, 7) is 6.63. The first-order valence-corrected chi connectivity index (χ1v) is 10.7. The standard InChI is InChI=1S/C25H26N4O3/c1-4-17(3)32-22-8-6-7-18(15-22)25(30)26-19-9-14-23-24(16-19)28-29(27-23)20-10-12-21(13-11-20)31-5-2/h6-17H,4-5H2,1-3H3,(H,26,30). The SMILES string of the molecule is CCOc1ccc(-n2nc3ccc(NC(=O)c4cccc(OC(C)CC)c4)cc3n2)cc1. The zero-order chi connectivity index (χ0) is 22.5. The van der Waals surface area contributed by atoms with E-state index < -0.39 is 0 Å². The quantitative estimate of drug-likeness (QED) is 0.413. The minimum absolute atomic E-state index is 0.0914. The van der Waals surface area contributed by atoms with Gasteiger partial charge in [0.25, 0.3) is 5.91 Å². The van der Waals surface area contributed by atoms with Gasteiger partial charge in [-0.05, 0) is 80.9 Å². The van der Waals surface area contributed by atoms with Crippen molar-refractivity contribution in [2.45, 2.75) is 33.3 Å². The number of hydrogen-bond donors (Lipinski definition) is 1. The summed E-state index contributed by atoms with van der Waals surface area (Å²) in [5.74, 6) is 1.27. The van der Waals surface area contributed by atoms with Gasteiger partial charge in [0, 0.05) is 11.3 Å². The molecule has 1 atom stereocenters. The van der Waals surface area contributed by atoms with Crippen LogP contribution in [-0.2, 0) is 0 Å². The van der Waals surface area contributed by atoms with Gasteiger partial charge < -0.3 is 14.8 Å². The Kier molecular flexibility index (Phi) is 6.35. The smallest absolute Gasteiger partial charge is 0.255 e. The van der Waals surface area contributed by atoms with Crippen LogP contribution in [0.1, 0.15) is 37.6 Å². The molecular formula is C25H26N4O3. The molecule has 1 aromatic heterocycles. The van der Waals surface area contributed by atoms with Crippen LogP contribution in [0.5, 0.6) is 11.5 Å². The molecule has 0 spiro atoms. The van der Waals surface area contributed by atoms with Crippen LogP contribution in [0.2, 0.25) is 0 Å². The third kappa shape index (κ3) is 4.88. The predicted octanol–water partition coefficient (Wildman–Crippen LogP) is 5.25. The summed E-state index contributed by atoms with van der Waals surface area (Å²) in [6, 6.07) is 20.2. The Bertz CT molecular complexity index is 1220. The van der Waals surface area contributed by atoms with Gasteiger partial charge in [0.1, 0.15) is 22.5 Å². The van der Waals surface area contributed by atoms with Gasteiger partial charge in [0.15, 0.2) is 0 Å². The van der Waals surface area contributed by atoms with Crippen molar-refractivity contribution >= 4 is 22.6 Å². The van der Waals surface area contributed by atoms with Crippen molar-refractivity contribution in [3.05, 3.63) is 72.3 Å². The summed E-state index contributed by atoms with van der Waals surface area (Å²) in [5, 5.41) is 12.0. The van der Waals surface area contributed by atoms with Crippen molar-refractivity contribution in [1.29, 1.82) is 0 Å². The Hall–Kier alpha value is -3.87. The van der Waals surface area contributed by atoms with Crippen LogP contribution in [0.15, 0.2) is 66.7 Å². The molecule has 4 aromatic rings. The van der Waals surface area contributed by atoms with E-state index in [1.54, 1.807) is 16.9 Å². The zero-order valence-corrected chi connectivity index (χ0v) is 18.4. The Morgan fingerprint density at radius 1 is 0.969 bits per heavy atom. The van der Waals surface area contributed by atoms with Crippen LogP contribution >= 0.6 is 0 Å². The topological polar surface area (TPSA) is 78.3 Å². The number of aromatic nitrogens is 3. The first-order valence-electron chi connectivity index (χ1n) is 10.7. The molecule has 0 fully saturated rings. The number of amides is 1. The van der Waals surface area contributed by atoms with E-state index in [4.69, 9.17) is 9.47 Å². The number of fused-ring (bicyclic) bond motifs is 1. The summed E-state index contributed by atoms with van der Waals surface area (Å²) in [5.41, 5.74) is 3.43. The number of nitrogens with zero attached hydrogens (tertiary/aromatic N) is 3. The number of carbonyl (C=O) groups is 1. The number of anilines is 1. The highest BCUT2D eigenvalue weighted by molar-refractivity contribution is 6.05.